The van der Waals surface area contributed by atoms with Gasteiger partial charge in [0.25, 0.3) is 0 Å². The predicted octanol–water partition coefficient (Wildman–Crippen LogP) is 3.76. The van der Waals surface area contributed by atoms with E-state index in [1.807, 2.05) is 52.8 Å². The highest BCUT2D eigenvalue weighted by molar-refractivity contribution is 6.48. The van der Waals surface area contributed by atoms with Crippen molar-refractivity contribution in [3.63, 3.8) is 0 Å². The lowest BCUT2D eigenvalue weighted by molar-refractivity contribution is -0.143. The number of carbonyl (C=O) groups is 1. The molecule has 0 saturated carbocycles. The van der Waals surface area contributed by atoms with Gasteiger partial charge in [-0.1, -0.05) is 6.07 Å². The lowest BCUT2D eigenvalue weighted by atomic mass is 9.66. The minimum atomic E-state index is -0.568. The first-order valence-electron chi connectivity index (χ1n) is 9.47. The summed E-state index contributed by atoms with van der Waals surface area (Å²) >= 11 is 0. The van der Waals surface area contributed by atoms with E-state index >= 15 is 0 Å². The number of methoxy groups -OCH3 is 1. The summed E-state index contributed by atoms with van der Waals surface area (Å²) in [7, 11) is 1.03. The molecule has 0 radical (unpaired) electrons. The second-order valence-electron chi connectivity index (χ2n) is 7.58. The summed E-state index contributed by atoms with van der Waals surface area (Å²) in [5.41, 5.74) is -0.0956. The van der Waals surface area contributed by atoms with Gasteiger partial charge in [-0.25, -0.2) is 0 Å². The largest absolute Gasteiger partial charge is 0.493 e. The third kappa shape index (κ3) is 4.77. The molecule has 1 saturated heterocycles. The molecule has 1 aliphatic heterocycles. The topological polar surface area (TPSA) is 63.2 Å². The third-order valence-corrected chi connectivity index (χ3v) is 5.21. The van der Waals surface area contributed by atoms with Crippen LogP contribution < -0.4 is 9.47 Å². The van der Waals surface area contributed by atoms with Gasteiger partial charge in [0, 0.05) is 5.82 Å². The Bertz CT molecular complexity index is 642. The Labute approximate surface area is 162 Å². The molecule has 1 heterocycles. The van der Waals surface area contributed by atoms with E-state index < -0.39 is 18.3 Å². The quantitative estimate of drug-likeness (QED) is 0.507. The lowest BCUT2D eigenvalue weighted by Gasteiger charge is -2.32. The van der Waals surface area contributed by atoms with Gasteiger partial charge in [0.1, 0.15) is 0 Å². The Morgan fingerprint density at radius 3 is 2.22 bits per heavy atom. The SMILES string of the molecule is CCOC(=O)CC(B1OC(C)(C)C(C)(C)O1)c1ccc(OCC)c(OC)c1. The normalized spacial score (nSPS) is 18.9. The molecule has 0 N–H and O–H groups in total. The molecule has 150 valence electrons. The molecular formula is C20H31BO6. The number of rotatable bonds is 8. The highest BCUT2D eigenvalue weighted by atomic mass is 16.7. The van der Waals surface area contributed by atoms with E-state index in [-0.39, 0.29) is 18.2 Å². The van der Waals surface area contributed by atoms with Gasteiger partial charge in [-0.3, -0.25) is 4.79 Å². The highest BCUT2D eigenvalue weighted by Crippen LogP contribution is 2.43. The van der Waals surface area contributed by atoms with Crippen molar-refractivity contribution in [3.05, 3.63) is 23.8 Å². The first-order chi connectivity index (χ1) is 12.6. The molecule has 1 unspecified atom stereocenters. The Kier molecular flexibility index (Phi) is 6.81. The molecule has 0 bridgehead atoms. The summed E-state index contributed by atoms with van der Waals surface area (Å²) in [4.78, 5) is 12.2. The van der Waals surface area contributed by atoms with Crippen LogP contribution in [0, 0.1) is 0 Å². The maximum Gasteiger partial charge on any atom is 0.466 e. The number of carbonyl (C=O) groups excluding carboxylic acids is 1. The first kappa shape index (κ1) is 21.6. The minimum Gasteiger partial charge on any atom is -0.493 e. The van der Waals surface area contributed by atoms with Gasteiger partial charge in [-0.2, -0.15) is 0 Å². The van der Waals surface area contributed by atoms with Crippen molar-refractivity contribution in [2.24, 2.45) is 0 Å². The summed E-state index contributed by atoms with van der Waals surface area (Å²) < 4.78 is 28.6. The molecule has 1 aromatic rings. The van der Waals surface area contributed by atoms with Crippen LogP contribution in [0.2, 0.25) is 0 Å². The summed E-state index contributed by atoms with van der Waals surface area (Å²) in [5.74, 6) is 0.659. The maximum absolute atomic E-state index is 12.2. The fourth-order valence-electron chi connectivity index (χ4n) is 3.01. The van der Waals surface area contributed by atoms with Gasteiger partial charge < -0.3 is 23.5 Å². The number of hydrogen-bond donors (Lipinski definition) is 0. The van der Waals surface area contributed by atoms with Crippen molar-refractivity contribution >= 4 is 13.1 Å². The second kappa shape index (κ2) is 8.53. The predicted molar refractivity (Wildman–Crippen MR) is 104 cm³/mol. The Balaban J connectivity index is 2.37. The Morgan fingerprint density at radius 2 is 1.70 bits per heavy atom. The third-order valence-electron chi connectivity index (χ3n) is 5.21. The van der Waals surface area contributed by atoms with Gasteiger partial charge in [-0.15, -0.1) is 0 Å². The van der Waals surface area contributed by atoms with Gasteiger partial charge in [-0.05, 0) is 59.2 Å². The van der Waals surface area contributed by atoms with Gasteiger partial charge in [0.05, 0.1) is 37.9 Å². The van der Waals surface area contributed by atoms with Crippen molar-refractivity contribution in [1.82, 2.24) is 0 Å². The molecule has 6 nitrogen and oxygen atoms in total. The van der Waals surface area contributed by atoms with Crippen LogP contribution in [0.1, 0.15) is 59.3 Å². The minimum absolute atomic E-state index is 0.155. The Hall–Kier alpha value is -1.73. The monoisotopic (exact) mass is 378 g/mol. The highest BCUT2D eigenvalue weighted by Gasteiger charge is 2.54. The summed E-state index contributed by atoms with van der Waals surface area (Å²) in [5, 5.41) is 0. The van der Waals surface area contributed by atoms with Crippen molar-refractivity contribution < 1.29 is 28.3 Å². The molecule has 0 amide bonds. The molecular weight excluding hydrogens is 347 g/mol. The number of ether oxygens (including phenoxy) is 3. The van der Waals surface area contributed by atoms with Crippen molar-refractivity contribution in [2.75, 3.05) is 20.3 Å². The van der Waals surface area contributed by atoms with E-state index in [1.165, 1.54) is 0 Å². The summed E-state index contributed by atoms with van der Waals surface area (Å²) in [6.45, 7) is 12.6. The average Bonchev–Trinajstić information content (AvgIpc) is 2.81. The van der Waals surface area contributed by atoms with Gasteiger partial charge in [0.15, 0.2) is 11.5 Å². The summed E-state index contributed by atoms with van der Waals surface area (Å²) in [6, 6.07) is 5.64. The molecule has 27 heavy (non-hydrogen) atoms. The van der Waals surface area contributed by atoms with Crippen molar-refractivity contribution in [1.29, 1.82) is 0 Å². The summed E-state index contributed by atoms with van der Waals surface area (Å²) in [6.07, 6.45) is 0.155. The number of esters is 1. The lowest BCUT2D eigenvalue weighted by Crippen LogP contribution is -2.41. The smallest absolute Gasteiger partial charge is 0.466 e. The van der Waals surface area contributed by atoms with E-state index in [1.54, 1.807) is 14.0 Å². The Morgan fingerprint density at radius 1 is 1.07 bits per heavy atom. The van der Waals surface area contributed by atoms with Crippen LogP contribution in [-0.2, 0) is 18.8 Å². The molecule has 7 heteroatoms. The molecule has 0 aromatic heterocycles. The van der Waals surface area contributed by atoms with Crippen molar-refractivity contribution in [3.8, 4) is 11.5 Å². The average molecular weight is 378 g/mol. The maximum atomic E-state index is 12.2. The number of hydrogen-bond acceptors (Lipinski definition) is 6. The first-order valence-corrected chi connectivity index (χ1v) is 9.47. The van der Waals surface area contributed by atoms with E-state index in [2.05, 4.69) is 0 Å². The fraction of sp³-hybridized carbons (Fsp3) is 0.650. The molecule has 1 fully saturated rings. The van der Waals surface area contributed by atoms with Gasteiger partial charge in [0.2, 0.25) is 0 Å². The van der Waals surface area contributed by atoms with Crippen LogP contribution in [0.25, 0.3) is 0 Å². The zero-order valence-corrected chi connectivity index (χ0v) is 17.5. The van der Waals surface area contributed by atoms with Crippen LogP contribution in [0.3, 0.4) is 0 Å². The van der Waals surface area contributed by atoms with Crippen LogP contribution >= 0.6 is 0 Å². The molecule has 1 aliphatic rings. The molecule has 1 aromatic carbocycles. The van der Waals surface area contributed by atoms with Crippen LogP contribution in [0.5, 0.6) is 11.5 Å². The van der Waals surface area contributed by atoms with E-state index in [4.69, 9.17) is 23.5 Å². The zero-order valence-electron chi connectivity index (χ0n) is 17.5. The van der Waals surface area contributed by atoms with E-state index in [0.717, 1.165) is 5.56 Å². The molecule has 0 spiro atoms. The standard InChI is InChI=1S/C20H31BO6/c1-8-24-16-11-10-14(12-17(16)23-7)15(13-18(22)25-9-2)21-26-19(3,4)20(5,6)27-21/h10-12,15H,8-9,13H2,1-7H3. The fourth-order valence-corrected chi connectivity index (χ4v) is 3.01. The molecule has 2 rings (SSSR count). The van der Waals surface area contributed by atoms with E-state index in [0.29, 0.717) is 24.7 Å². The van der Waals surface area contributed by atoms with Crippen molar-refractivity contribution in [2.45, 2.75) is 65.0 Å². The second-order valence-corrected chi connectivity index (χ2v) is 7.58. The molecule has 1 atom stereocenters. The number of benzene rings is 1. The zero-order chi connectivity index (χ0) is 20.2. The van der Waals surface area contributed by atoms with E-state index in [9.17, 15) is 4.79 Å². The van der Waals surface area contributed by atoms with Crippen LogP contribution in [0.15, 0.2) is 18.2 Å². The van der Waals surface area contributed by atoms with Crippen LogP contribution in [0.4, 0.5) is 0 Å². The molecule has 0 aliphatic carbocycles. The van der Waals surface area contributed by atoms with Crippen LogP contribution in [-0.4, -0.2) is 44.6 Å². The van der Waals surface area contributed by atoms with Gasteiger partial charge >= 0.3 is 13.1 Å².